The number of hydrogen-bond donors (Lipinski definition) is 1. The zero-order valence-corrected chi connectivity index (χ0v) is 14.8. The number of anilines is 1. The fraction of sp³-hybridized carbons (Fsp3) is 0.294. The maximum absolute atomic E-state index is 6.43. The molecule has 22 heavy (non-hydrogen) atoms. The Hall–Kier alpha value is -1.39. The molecule has 3 rings (SSSR count). The molecule has 0 aliphatic carbocycles. The van der Waals surface area contributed by atoms with Crippen molar-refractivity contribution in [3.8, 4) is 11.5 Å². The van der Waals surface area contributed by atoms with Crippen LogP contribution in [-0.4, -0.2) is 14.2 Å². The number of nitrogens with one attached hydrogen (secondary N) is 1. The Labute approximate surface area is 143 Å². The van der Waals surface area contributed by atoms with Crippen LogP contribution < -0.4 is 14.8 Å². The van der Waals surface area contributed by atoms with Crippen LogP contribution in [0.3, 0.4) is 0 Å². The number of fused-ring (bicyclic) bond motifs is 1. The van der Waals surface area contributed by atoms with Crippen molar-refractivity contribution in [2.45, 2.75) is 18.9 Å². The molecule has 1 aliphatic heterocycles. The molecular weight excluding hydrogens is 366 g/mol. The molecule has 0 aromatic heterocycles. The van der Waals surface area contributed by atoms with Gasteiger partial charge in [0, 0.05) is 10.0 Å². The minimum atomic E-state index is 0.176. The number of para-hydroxylation sites is 1. The topological polar surface area (TPSA) is 30.5 Å². The lowest BCUT2D eigenvalue weighted by Crippen LogP contribution is -2.19. The van der Waals surface area contributed by atoms with E-state index in [1.54, 1.807) is 14.2 Å². The van der Waals surface area contributed by atoms with Crippen molar-refractivity contribution in [1.29, 1.82) is 0 Å². The standard InChI is InChI=1S/C17H17BrClNO2/c1-21-14-6-4-3-5-10(14)13-8-7-11-16(19)12(18)9-15(22-2)17(11)20-13/h3-6,9,13,20H,7-8H2,1-2H3. The van der Waals surface area contributed by atoms with Crippen molar-refractivity contribution in [2.24, 2.45) is 0 Å². The number of halogens is 2. The number of hydrogen-bond acceptors (Lipinski definition) is 3. The maximum atomic E-state index is 6.43. The Morgan fingerprint density at radius 2 is 1.91 bits per heavy atom. The normalized spacial score (nSPS) is 16.6. The first-order valence-electron chi connectivity index (χ1n) is 7.10. The van der Waals surface area contributed by atoms with Gasteiger partial charge in [-0.2, -0.15) is 0 Å². The minimum Gasteiger partial charge on any atom is -0.496 e. The van der Waals surface area contributed by atoms with Gasteiger partial charge < -0.3 is 14.8 Å². The van der Waals surface area contributed by atoms with Gasteiger partial charge in [0.2, 0.25) is 0 Å². The smallest absolute Gasteiger partial charge is 0.143 e. The van der Waals surface area contributed by atoms with Gasteiger partial charge in [0.1, 0.15) is 11.5 Å². The summed E-state index contributed by atoms with van der Waals surface area (Å²) in [5.41, 5.74) is 3.22. The van der Waals surface area contributed by atoms with Gasteiger partial charge >= 0.3 is 0 Å². The summed E-state index contributed by atoms with van der Waals surface area (Å²) in [4.78, 5) is 0. The number of rotatable bonds is 3. The van der Waals surface area contributed by atoms with Gasteiger partial charge in [0.15, 0.2) is 0 Å². The molecule has 0 saturated heterocycles. The van der Waals surface area contributed by atoms with Crippen LogP contribution in [0.4, 0.5) is 5.69 Å². The highest BCUT2D eigenvalue weighted by Gasteiger charge is 2.26. The van der Waals surface area contributed by atoms with E-state index in [0.717, 1.165) is 50.7 Å². The molecule has 1 N–H and O–H groups in total. The van der Waals surface area contributed by atoms with E-state index in [2.05, 4.69) is 27.3 Å². The fourth-order valence-electron chi connectivity index (χ4n) is 2.93. The second-order valence-electron chi connectivity index (χ2n) is 5.21. The van der Waals surface area contributed by atoms with E-state index in [-0.39, 0.29) is 6.04 Å². The summed E-state index contributed by atoms with van der Waals surface area (Å²) in [6.07, 6.45) is 1.84. The molecule has 2 aromatic rings. The first-order valence-corrected chi connectivity index (χ1v) is 8.27. The summed E-state index contributed by atoms with van der Waals surface area (Å²) in [7, 11) is 3.37. The molecule has 1 atom stereocenters. The van der Waals surface area contributed by atoms with Crippen molar-refractivity contribution in [3.05, 3.63) is 51.0 Å². The number of ether oxygens (including phenoxy) is 2. The van der Waals surface area contributed by atoms with E-state index < -0.39 is 0 Å². The van der Waals surface area contributed by atoms with Crippen LogP contribution in [0.5, 0.6) is 11.5 Å². The molecule has 0 spiro atoms. The van der Waals surface area contributed by atoms with Crippen LogP contribution >= 0.6 is 27.5 Å². The zero-order chi connectivity index (χ0) is 15.7. The summed E-state index contributed by atoms with van der Waals surface area (Å²) < 4.78 is 11.9. The molecule has 0 bridgehead atoms. The average Bonchev–Trinajstić information content (AvgIpc) is 2.57. The highest BCUT2D eigenvalue weighted by Crippen LogP contribution is 2.46. The van der Waals surface area contributed by atoms with E-state index in [1.807, 2.05) is 24.3 Å². The molecular formula is C17H17BrClNO2. The van der Waals surface area contributed by atoms with Crippen LogP contribution in [0.15, 0.2) is 34.8 Å². The minimum absolute atomic E-state index is 0.176. The Bertz CT molecular complexity index is 705. The highest BCUT2D eigenvalue weighted by molar-refractivity contribution is 9.10. The lowest BCUT2D eigenvalue weighted by atomic mass is 9.92. The first-order chi connectivity index (χ1) is 10.7. The van der Waals surface area contributed by atoms with Gasteiger partial charge in [-0.15, -0.1) is 0 Å². The number of methoxy groups -OCH3 is 2. The van der Waals surface area contributed by atoms with E-state index in [4.69, 9.17) is 21.1 Å². The van der Waals surface area contributed by atoms with E-state index in [9.17, 15) is 0 Å². The van der Waals surface area contributed by atoms with E-state index in [1.165, 1.54) is 0 Å². The predicted molar refractivity (Wildman–Crippen MR) is 93.4 cm³/mol. The Kier molecular flexibility index (Phi) is 4.50. The number of benzene rings is 2. The SMILES string of the molecule is COc1ccccc1C1CCc2c(Cl)c(Br)cc(OC)c2N1. The Balaban J connectivity index is 2.02. The molecule has 0 radical (unpaired) electrons. The molecule has 2 aromatic carbocycles. The van der Waals surface area contributed by atoms with Gasteiger partial charge in [0.05, 0.1) is 31.0 Å². The molecule has 0 fully saturated rings. The van der Waals surface area contributed by atoms with Crippen molar-refractivity contribution >= 4 is 33.2 Å². The van der Waals surface area contributed by atoms with Gasteiger partial charge in [-0.05, 0) is 46.5 Å². The molecule has 1 heterocycles. The average molecular weight is 383 g/mol. The molecule has 0 saturated carbocycles. The molecule has 0 amide bonds. The lowest BCUT2D eigenvalue weighted by Gasteiger charge is -2.30. The van der Waals surface area contributed by atoms with Crippen LogP contribution in [0.1, 0.15) is 23.6 Å². The fourth-order valence-corrected chi connectivity index (χ4v) is 3.62. The van der Waals surface area contributed by atoms with Gasteiger partial charge in [-0.3, -0.25) is 0 Å². The van der Waals surface area contributed by atoms with E-state index in [0.29, 0.717) is 0 Å². The quantitative estimate of drug-likeness (QED) is 0.789. The van der Waals surface area contributed by atoms with Crippen LogP contribution in [0.2, 0.25) is 5.02 Å². The van der Waals surface area contributed by atoms with Crippen molar-refractivity contribution < 1.29 is 9.47 Å². The molecule has 116 valence electrons. The summed E-state index contributed by atoms with van der Waals surface area (Å²) >= 11 is 9.91. The second kappa shape index (κ2) is 6.39. The molecule has 1 unspecified atom stereocenters. The van der Waals surface area contributed by atoms with Crippen molar-refractivity contribution in [2.75, 3.05) is 19.5 Å². The van der Waals surface area contributed by atoms with Crippen LogP contribution in [0, 0.1) is 0 Å². The predicted octanol–water partition coefficient (Wildman–Crippen LogP) is 5.22. The largest absolute Gasteiger partial charge is 0.496 e. The third-order valence-corrected chi connectivity index (χ3v) is 5.30. The van der Waals surface area contributed by atoms with Crippen molar-refractivity contribution in [3.63, 3.8) is 0 Å². The highest BCUT2D eigenvalue weighted by atomic mass is 79.9. The molecule has 5 heteroatoms. The third-order valence-electron chi connectivity index (χ3n) is 4.02. The summed E-state index contributed by atoms with van der Waals surface area (Å²) in [6.45, 7) is 0. The first kappa shape index (κ1) is 15.5. The third kappa shape index (κ3) is 2.66. The molecule has 1 aliphatic rings. The second-order valence-corrected chi connectivity index (χ2v) is 6.44. The Morgan fingerprint density at radius 3 is 2.64 bits per heavy atom. The zero-order valence-electron chi connectivity index (χ0n) is 12.5. The Morgan fingerprint density at radius 1 is 1.18 bits per heavy atom. The van der Waals surface area contributed by atoms with E-state index >= 15 is 0 Å². The van der Waals surface area contributed by atoms with Crippen molar-refractivity contribution in [1.82, 2.24) is 0 Å². The summed E-state index contributed by atoms with van der Waals surface area (Å²) in [5, 5.41) is 4.32. The monoisotopic (exact) mass is 381 g/mol. The lowest BCUT2D eigenvalue weighted by molar-refractivity contribution is 0.403. The van der Waals surface area contributed by atoms with Gasteiger partial charge in [0.25, 0.3) is 0 Å². The van der Waals surface area contributed by atoms with Gasteiger partial charge in [-0.1, -0.05) is 29.8 Å². The maximum Gasteiger partial charge on any atom is 0.143 e. The summed E-state index contributed by atoms with van der Waals surface area (Å²) in [5.74, 6) is 1.69. The van der Waals surface area contributed by atoms with Crippen LogP contribution in [-0.2, 0) is 6.42 Å². The molecule has 3 nitrogen and oxygen atoms in total. The summed E-state index contributed by atoms with van der Waals surface area (Å²) in [6, 6.07) is 10.2. The van der Waals surface area contributed by atoms with Crippen LogP contribution in [0.25, 0.3) is 0 Å². The van der Waals surface area contributed by atoms with Gasteiger partial charge in [-0.25, -0.2) is 0 Å².